The number of likely N-dealkylation sites (tertiary alicyclic amines) is 1. The van der Waals surface area contributed by atoms with Crippen LogP contribution in [0.2, 0.25) is 0 Å². The molecule has 2 aliphatic rings. The molecule has 2 rings (SSSR count). The molecule has 0 bridgehead atoms. The maximum absolute atomic E-state index is 3.63. The third kappa shape index (κ3) is 2.94. The molecular formula is C13H26N2. The summed E-state index contributed by atoms with van der Waals surface area (Å²) in [5.74, 6) is 1.91. The summed E-state index contributed by atoms with van der Waals surface area (Å²) in [5.41, 5.74) is 0.397. The molecule has 88 valence electrons. The minimum atomic E-state index is 0.397. The van der Waals surface area contributed by atoms with E-state index in [0.29, 0.717) is 5.54 Å². The van der Waals surface area contributed by atoms with Gasteiger partial charge in [-0.25, -0.2) is 0 Å². The fraction of sp³-hybridized carbons (Fsp3) is 1.00. The summed E-state index contributed by atoms with van der Waals surface area (Å²) in [5, 5.41) is 3.63. The van der Waals surface area contributed by atoms with E-state index in [-0.39, 0.29) is 0 Å². The molecule has 2 unspecified atom stereocenters. The van der Waals surface area contributed by atoms with Crippen molar-refractivity contribution in [3.63, 3.8) is 0 Å². The zero-order chi connectivity index (χ0) is 10.9. The van der Waals surface area contributed by atoms with Crippen LogP contribution in [0.3, 0.4) is 0 Å². The highest BCUT2D eigenvalue weighted by Crippen LogP contribution is 2.31. The predicted octanol–water partition coefficient (Wildman–Crippen LogP) is 2.11. The second kappa shape index (κ2) is 4.42. The third-order valence-electron chi connectivity index (χ3n) is 4.15. The molecule has 0 spiro atoms. The van der Waals surface area contributed by atoms with Gasteiger partial charge in [-0.1, -0.05) is 6.92 Å². The summed E-state index contributed by atoms with van der Waals surface area (Å²) in [6, 6.07) is 0. The zero-order valence-electron chi connectivity index (χ0n) is 10.6. The molecule has 2 heteroatoms. The summed E-state index contributed by atoms with van der Waals surface area (Å²) >= 11 is 0. The summed E-state index contributed by atoms with van der Waals surface area (Å²) in [6.45, 7) is 12.1. The molecule has 2 atom stereocenters. The average molecular weight is 210 g/mol. The van der Waals surface area contributed by atoms with Crippen molar-refractivity contribution in [2.45, 2.75) is 45.6 Å². The van der Waals surface area contributed by atoms with Crippen molar-refractivity contribution in [2.75, 3.05) is 26.2 Å². The SMILES string of the molecule is CCN1CCC(CC2CNC(C)(C)C2)C1. The van der Waals surface area contributed by atoms with Crippen molar-refractivity contribution in [1.82, 2.24) is 10.2 Å². The minimum absolute atomic E-state index is 0.397. The predicted molar refractivity (Wildman–Crippen MR) is 65.0 cm³/mol. The standard InChI is InChI=1S/C13H26N2/c1-4-15-6-5-11(10-15)7-12-8-13(2,3)14-9-12/h11-12,14H,4-10H2,1-3H3. The van der Waals surface area contributed by atoms with Gasteiger partial charge in [0.15, 0.2) is 0 Å². The quantitative estimate of drug-likeness (QED) is 0.767. The molecule has 15 heavy (non-hydrogen) atoms. The van der Waals surface area contributed by atoms with E-state index >= 15 is 0 Å². The lowest BCUT2D eigenvalue weighted by molar-refractivity contribution is 0.319. The van der Waals surface area contributed by atoms with Crippen LogP contribution in [0.4, 0.5) is 0 Å². The average Bonchev–Trinajstić information content (AvgIpc) is 2.73. The Balaban J connectivity index is 1.74. The molecule has 0 aliphatic carbocycles. The van der Waals surface area contributed by atoms with Crippen LogP contribution in [0.25, 0.3) is 0 Å². The molecule has 0 amide bonds. The lowest BCUT2D eigenvalue weighted by Crippen LogP contribution is -2.31. The Morgan fingerprint density at radius 3 is 2.67 bits per heavy atom. The molecule has 0 saturated carbocycles. The second-order valence-electron chi connectivity index (χ2n) is 6.12. The van der Waals surface area contributed by atoms with Gasteiger partial charge in [0.2, 0.25) is 0 Å². The van der Waals surface area contributed by atoms with Gasteiger partial charge >= 0.3 is 0 Å². The van der Waals surface area contributed by atoms with E-state index < -0.39 is 0 Å². The molecule has 0 aromatic heterocycles. The molecule has 0 radical (unpaired) electrons. The van der Waals surface area contributed by atoms with Crippen LogP contribution in [-0.4, -0.2) is 36.6 Å². The van der Waals surface area contributed by atoms with E-state index in [2.05, 4.69) is 31.0 Å². The van der Waals surface area contributed by atoms with Crippen LogP contribution >= 0.6 is 0 Å². The Kier molecular flexibility index (Phi) is 3.36. The number of hydrogen-bond acceptors (Lipinski definition) is 2. The van der Waals surface area contributed by atoms with Gasteiger partial charge in [0.05, 0.1) is 0 Å². The zero-order valence-corrected chi connectivity index (χ0v) is 10.6. The number of nitrogens with zero attached hydrogens (tertiary/aromatic N) is 1. The maximum atomic E-state index is 3.63. The molecule has 2 nitrogen and oxygen atoms in total. The number of hydrogen-bond donors (Lipinski definition) is 1. The highest BCUT2D eigenvalue weighted by atomic mass is 15.1. The summed E-state index contributed by atoms with van der Waals surface area (Å²) in [7, 11) is 0. The normalized spacial score (nSPS) is 36.2. The summed E-state index contributed by atoms with van der Waals surface area (Å²) < 4.78 is 0. The fourth-order valence-corrected chi connectivity index (χ4v) is 3.32. The van der Waals surface area contributed by atoms with Crippen LogP contribution < -0.4 is 5.32 Å². The van der Waals surface area contributed by atoms with Crippen LogP contribution in [0.1, 0.15) is 40.0 Å². The highest BCUT2D eigenvalue weighted by molar-refractivity contribution is 4.91. The van der Waals surface area contributed by atoms with E-state index in [1.807, 2.05) is 0 Å². The maximum Gasteiger partial charge on any atom is 0.0128 e. The fourth-order valence-electron chi connectivity index (χ4n) is 3.32. The molecule has 1 N–H and O–H groups in total. The second-order valence-corrected chi connectivity index (χ2v) is 6.12. The Hall–Kier alpha value is -0.0800. The minimum Gasteiger partial charge on any atom is -0.312 e. The number of rotatable bonds is 3. The molecule has 2 aliphatic heterocycles. The van der Waals surface area contributed by atoms with Gasteiger partial charge in [-0.15, -0.1) is 0 Å². The Morgan fingerprint density at radius 1 is 1.33 bits per heavy atom. The molecule has 2 saturated heterocycles. The van der Waals surface area contributed by atoms with E-state index in [9.17, 15) is 0 Å². The van der Waals surface area contributed by atoms with Crippen molar-refractivity contribution in [2.24, 2.45) is 11.8 Å². The van der Waals surface area contributed by atoms with Crippen LogP contribution in [0, 0.1) is 11.8 Å². The van der Waals surface area contributed by atoms with Gasteiger partial charge in [-0.3, -0.25) is 0 Å². The molecule has 0 aromatic rings. The van der Waals surface area contributed by atoms with Crippen molar-refractivity contribution < 1.29 is 0 Å². The Bertz CT molecular complexity index is 213. The summed E-state index contributed by atoms with van der Waals surface area (Å²) in [4.78, 5) is 2.60. The lowest BCUT2D eigenvalue weighted by atomic mass is 9.89. The molecular weight excluding hydrogens is 184 g/mol. The first-order chi connectivity index (χ1) is 7.09. The molecule has 2 fully saturated rings. The topological polar surface area (TPSA) is 15.3 Å². The van der Waals surface area contributed by atoms with E-state index in [0.717, 1.165) is 11.8 Å². The first-order valence-corrected chi connectivity index (χ1v) is 6.56. The monoisotopic (exact) mass is 210 g/mol. The van der Waals surface area contributed by atoms with Crippen LogP contribution in [0.15, 0.2) is 0 Å². The van der Waals surface area contributed by atoms with Crippen LogP contribution in [-0.2, 0) is 0 Å². The third-order valence-corrected chi connectivity index (χ3v) is 4.15. The highest BCUT2D eigenvalue weighted by Gasteiger charge is 2.33. The molecule has 0 aromatic carbocycles. The van der Waals surface area contributed by atoms with Gasteiger partial charge < -0.3 is 10.2 Å². The van der Waals surface area contributed by atoms with E-state index in [1.54, 1.807) is 0 Å². The smallest absolute Gasteiger partial charge is 0.0128 e. The lowest BCUT2D eigenvalue weighted by Gasteiger charge is -2.19. The van der Waals surface area contributed by atoms with E-state index in [4.69, 9.17) is 0 Å². The van der Waals surface area contributed by atoms with Crippen molar-refractivity contribution in [1.29, 1.82) is 0 Å². The van der Waals surface area contributed by atoms with Crippen molar-refractivity contribution in [3.05, 3.63) is 0 Å². The first-order valence-electron chi connectivity index (χ1n) is 6.56. The Morgan fingerprint density at radius 2 is 2.13 bits per heavy atom. The van der Waals surface area contributed by atoms with Gasteiger partial charge in [0.1, 0.15) is 0 Å². The largest absolute Gasteiger partial charge is 0.312 e. The van der Waals surface area contributed by atoms with Crippen molar-refractivity contribution >= 4 is 0 Å². The van der Waals surface area contributed by atoms with Gasteiger partial charge in [-0.05, 0) is 64.6 Å². The first kappa shape index (κ1) is 11.4. The van der Waals surface area contributed by atoms with Gasteiger partial charge in [0.25, 0.3) is 0 Å². The van der Waals surface area contributed by atoms with Gasteiger partial charge in [0, 0.05) is 12.1 Å². The van der Waals surface area contributed by atoms with Gasteiger partial charge in [-0.2, -0.15) is 0 Å². The number of nitrogens with one attached hydrogen (secondary N) is 1. The van der Waals surface area contributed by atoms with E-state index in [1.165, 1.54) is 45.4 Å². The summed E-state index contributed by atoms with van der Waals surface area (Å²) in [6.07, 6.45) is 4.26. The molecule has 2 heterocycles. The Labute approximate surface area is 94.4 Å². The van der Waals surface area contributed by atoms with Crippen molar-refractivity contribution in [3.8, 4) is 0 Å². The van der Waals surface area contributed by atoms with Crippen LogP contribution in [0.5, 0.6) is 0 Å².